The van der Waals surface area contributed by atoms with E-state index >= 15 is 0 Å². The maximum absolute atomic E-state index is 9.09. The highest BCUT2D eigenvalue weighted by Gasteiger charge is 2.09. The van der Waals surface area contributed by atoms with Crippen LogP contribution in [0.1, 0.15) is 19.8 Å². The minimum atomic E-state index is 0.154. The minimum absolute atomic E-state index is 0.154. The number of rotatable bonds is 6. The van der Waals surface area contributed by atoms with Gasteiger partial charge >= 0.3 is 0 Å². The molecule has 1 heterocycles. The maximum Gasteiger partial charge on any atom is 0.203 e. The molecule has 1 aromatic heterocycles. The lowest BCUT2D eigenvalue weighted by Crippen LogP contribution is -2.28. The standard InChI is InChI=1S/C13H19N3O/c1-2-3-8-16(9-10-17)13-14-11-6-4-5-7-12(11)15-13/h4-7,17H,2-3,8-10H2,1H3,(H,14,15). The van der Waals surface area contributed by atoms with Gasteiger partial charge in [0.1, 0.15) is 0 Å². The number of anilines is 1. The third-order valence-corrected chi connectivity index (χ3v) is 2.83. The van der Waals surface area contributed by atoms with Crippen molar-refractivity contribution in [2.45, 2.75) is 19.8 Å². The quantitative estimate of drug-likeness (QED) is 0.804. The Bertz CT molecular complexity index is 433. The van der Waals surface area contributed by atoms with Gasteiger partial charge in [-0.05, 0) is 18.6 Å². The molecule has 0 fully saturated rings. The molecule has 0 bridgehead atoms. The fraction of sp³-hybridized carbons (Fsp3) is 0.462. The molecule has 17 heavy (non-hydrogen) atoms. The predicted octanol–water partition coefficient (Wildman–Crippen LogP) is 2.16. The summed E-state index contributed by atoms with van der Waals surface area (Å²) in [6.07, 6.45) is 2.25. The number of aliphatic hydroxyl groups excluding tert-OH is 1. The van der Waals surface area contributed by atoms with Gasteiger partial charge in [-0.3, -0.25) is 0 Å². The summed E-state index contributed by atoms with van der Waals surface area (Å²) >= 11 is 0. The molecule has 4 nitrogen and oxygen atoms in total. The van der Waals surface area contributed by atoms with Crippen molar-refractivity contribution in [3.05, 3.63) is 24.3 Å². The van der Waals surface area contributed by atoms with Crippen molar-refractivity contribution in [2.24, 2.45) is 0 Å². The van der Waals surface area contributed by atoms with E-state index in [1.165, 1.54) is 0 Å². The zero-order valence-electron chi connectivity index (χ0n) is 10.2. The van der Waals surface area contributed by atoms with Crippen LogP contribution >= 0.6 is 0 Å². The second-order valence-electron chi connectivity index (χ2n) is 4.14. The number of nitrogens with one attached hydrogen (secondary N) is 1. The Morgan fingerprint density at radius 3 is 2.82 bits per heavy atom. The first-order chi connectivity index (χ1) is 8.35. The van der Waals surface area contributed by atoms with Gasteiger partial charge in [0, 0.05) is 13.1 Å². The fourth-order valence-corrected chi connectivity index (χ4v) is 1.88. The summed E-state index contributed by atoms with van der Waals surface area (Å²) in [4.78, 5) is 9.94. The molecular formula is C13H19N3O. The van der Waals surface area contributed by atoms with Gasteiger partial charge in [-0.1, -0.05) is 25.5 Å². The largest absolute Gasteiger partial charge is 0.395 e. The Balaban J connectivity index is 2.21. The summed E-state index contributed by atoms with van der Waals surface area (Å²) in [7, 11) is 0. The molecule has 92 valence electrons. The molecule has 0 unspecified atom stereocenters. The van der Waals surface area contributed by atoms with Crippen molar-refractivity contribution in [3.63, 3.8) is 0 Å². The normalized spacial score (nSPS) is 10.9. The molecule has 0 saturated heterocycles. The Morgan fingerprint density at radius 1 is 1.29 bits per heavy atom. The summed E-state index contributed by atoms with van der Waals surface area (Å²) in [5, 5.41) is 9.09. The first-order valence-corrected chi connectivity index (χ1v) is 6.15. The number of imidazole rings is 1. The van der Waals surface area contributed by atoms with E-state index in [9.17, 15) is 0 Å². The summed E-state index contributed by atoms with van der Waals surface area (Å²) in [6.45, 7) is 3.87. The van der Waals surface area contributed by atoms with Gasteiger partial charge in [-0.15, -0.1) is 0 Å². The molecule has 0 radical (unpaired) electrons. The number of hydrogen-bond acceptors (Lipinski definition) is 3. The molecule has 2 aromatic rings. The van der Waals surface area contributed by atoms with E-state index < -0.39 is 0 Å². The lowest BCUT2D eigenvalue weighted by molar-refractivity contribution is 0.301. The van der Waals surface area contributed by atoms with E-state index in [4.69, 9.17) is 5.11 Å². The number of aromatic nitrogens is 2. The summed E-state index contributed by atoms with van der Waals surface area (Å²) in [5.41, 5.74) is 2.02. The van der Waals surface area contributed by atoms with Gasteiger partial charge in [0.15, 0.2) is 0 Å². The molecule has 4 heteroatoms. The van der Waals surface area contributed by atoms with Crippen LogP contribution in [0.5, 0.6) is 0 Å². The topological polar surface area (TPSA) is 52.1 Å². The molecule has 2 rings (SSSR count). The molecule has 0 atom stereocenters. The van der Waals surface area contributed by atoms with Crippen molar-refractivity contribution in [1.29, 1.82) is 0 Å². The van der Waals surface area contributed by atoms with Crippen molar-refractivity contribution in [3.8, 4) is 0 Å². The number of aromatic amines is 1. The van der Waals surface area contributed by atoms with E-state index in [1.54, 1.807) is 0 Å². The lowest BCUT2D eigenvalue weighted by Gasteiger charge is -2.20. The molecule has 1 aromatic carbocycles. The Kier molecular flexibility index (Phi) is 3.98. The fourth-order valence-electron chi connectivity index (χ4n) is 1.88. The number of hydrogen-bond donors (Lipinski definition) is 2. The van der Waals surface area contributed by atoms with Gasteiger partial charge in [-0.2, -0.15) is 0 Å². The minimum Gasteiger partial charge on any atom is -0.395 e. The SMILES string of the molecule is CCCCN(CCO)c1nc2ccccc2[nH]1. The van der Waals surface area contributed by atoms with Gasteiger partial charge < -0.3 is 15.0 Å². The molecule has 0 aliphatic carbocycles. The van der Waals surface area contributed by atoms with Crippen LogP contribution in [0.15, 0.2) is 24.3 Å². The Hall–Kier alpha value is -1.55. The van der Waals surface area contributed by atoms with Gasteiger partial charge in [0.05, 0.1) is 17.6 Å². The summed E-state index contributed by atoms with van der Waals surface area (Å²) in [6, 6.07) is 7.98. The first-order valence-electron chi connectivity index (χ1n) is 6.15. The van der Waals surface area contributed by atoms with E-state index in [0.717, 1.165) is 36.4 Å². The lowest BCUT2D eigenvalue weighted by atomic mass is 10.3. The van der Waals surface area contributed by atoms with Gasteiger partial charge in [-0.25, -0.2) is 4.98 Å². The average Bonchev–Trinajstić information content (AvgIpc) is 2.78. The molecule has 0 spiro atoms. The van der Waals surface area contributed by atoms with Crippen LogP contribution < -0.4 is 4.90 Å². The smallest absolute Gasteiger partial charge is 0.203 e. The highest BCUT2D eigenvalue weighted by atomic mass is 16.3. The number of aliphatic hydroxyl groups is 1. The van der Waals surface area contributed by atoms with Crippen molar-refractivity contribution < 1.29 is 5.11 Å². The van der Waals surface area contributed by atoms with E-state index in [1.807, 2.05) is 24.3 Å². The highest BCUT2D eigenvalue weighted by molar-refractivity contribution is 5.77. The van der Waals surface area contributed by atoms with Crippen LogP contribution in [0.25, 0.3) is 11.0 Å². The number of benzene rings is 1. The van der Waals surface area contributed by atoms with Crippen LogP contribution in [-0.2, 0) is 0 Å². The van der Waals surface area contributed by atoms with Crippen molar-refractivity contribution in [1.82, 2.24) is 9.97 Å². The molecule has 0 amide bonds. The third-order valence-electron chi connectivity index (χ3n) is 2.83. The zero-order valence-corrected chi connectivity index (χ0v) is 10.2. The molecule has 2 N–H and O–H groups in total. The predicted molar refractivity (Wildman–Crippen MR) is 70.3 cm³/mol. The van der Waals surface area contributed by atoms with Gasteiger partial charge in [0.25, 0.3) is 0 Å². The number of unbranched alkanes of at least 4 members (excludes halogenated alkanes) is 1. The number of fused-ring (bicyclic) bond motifs is 1. The van der Waals surface area contributed by atoms with E-state index in [2.05, 4.69) is 21.8 Å². The van der Waals surface area contributed by atoms with Crippen molar-refractivity contribution >= 4 is 17.0 Å². The molecule has 0 aliphatic heterocycles. The second kappa shape index (κ2) is 5.68. The Labute approximate surface area is 101 Å². The molecule has 0 aliphatic rings. The number of H-pyrrole nitrogens is 1. The molecule has 0 saturated carbocycles. The summed E-state index contributed by atoms with van der Waals surface area (Å²) in [5.74, 6) is 0.855. The number of para-hydroxylation sites is 2. The van der Waals surface area contributed by atoms with E-state index in [0.29, 0.717) is 6.54 Å². The maximum atomic E-state index is 9.09. The van der Waals surface area contributed by atoms with Crippen LogP contribution in [0, 0.1) is 0 Å². The first kappa shape index (κ1) is 11.9. The Morgan fingerprint density at radius 2 is 2.12 bits per heavy atom. The van der Waals surface area contributed by atoms with Crippen LogP contribution in [0.2, 0.25) is 0 Å². The van der Waals surface area contributed by atoms with Crippen LogP contribution in [0.4, 0.5) is 5.95 Å². The zero-order chi connectivity index (χ0) is 12.1. The second-order valence-corrected chi connectivity index (χ2v) is 4.14. The van der Waals surface area contributed by atoms with Crippen molar-refractivity contribution in [2.75, 3.05) is 24.6 Å². The van der Waals surface area contributed by atoms with E-state index in [-0.39, 0.29) is 6.61 Å². The summed E-state index contributed by atoms with van der Waals surface area (Å²) < 4.78 is 0. The number of nitrogens with zero attached hydrogens (tertiary/aromatic N) is 2. The third kappa shape index (κ3) is 2.77. The van der Waals surface area contributed by atoms with Crippen LogP contribution in [0.3, 0.4) is 0 Å². The monoisotopic (exact) mass is 233 g/mol. The highest BCUT2D eigenvalue weighted by Crippen LogP contribution is 2.17. The molecular weight excluding hydrogens is 214 g/mol. The average molecular weight is 233 g/mol. The van der Waals surface area contributed by atoms with Gasteiger partial charge in [0.2, 0.25) is 5.95 Å². The van der Waals surface area contributed by atoms with Crippen LogP contribution in [-0.4, -0.2) is 34.8 Å².